The van der Waals surface area contributed by atoms with Crippen LogP contribution in [0, 0.1) is 0 Å². The Morgan fingerprint density at radius 2 is 2.00 bits per heavy atom. The Balaban J connectivity index is 1.75. The summed E-state index contributed by atoms with van der Waals surface area (Å²) in [5.41, 5.74) is 1.03. The third kappa shape index (κ3) is 3.74. The van der Waals surface area contributed by atoms with Gasteiger partial charge in [-0.25, -0.2) is 4.79 Å². The van der Waals surface area contributed by atoms with E-state index in [0.717, 1.165) is 31.2 Å². The van der Waals surface area contributed by atoms with Crippen LogP contribution in [0.3, 0.4) is 0 Å². The molecule has 98 valence electrons. The Morgan fingerprint density at radius 1 is 1.28 bits per heavy atom. The molecule has 1 aliphatic rings. The lowest BCUT2D eigenvalue weighted by molar-refractivity contribution is -0.0212. The number of alkyl carbamates (subject to hydrolysis) is 1. The maximum absolute atomic E-state index is 11.6. The first kappa shape index (κ1) is 12.9. The summed E-state index contributed by atoms with van der Waals surface area (Å²) in [6, 6.07) is 9.66. The second-order valence-corrected chi connectivity index (χ2v) is 4.63. The largest absolute Gasteiger partial charge is 0.443 e. The average Bonchev–Trinajstić information content (AvgIpc) is 2.40. The summed E-state index contributed by atoms with van der Waals surface area (Å²) in [5, 5.41) is 12.4. The summed E-state index contributed by atoms with van der Waals surface area (Å²) in [7, 11) is 0. The van der Waals surface area contributed by atoms with E-state index in [1.807, 2.05) is 30.3 Å². The normalized spacial score (nSPS) is 23.4. The van der Waals surface area contributed by atoms with E-state index in [9.17, 15) is 9.90 Å². The van der Waals surface area contributed by atoms with E-state index in [1.54, 1.807) is 0 Å². The lowest BCUT2D eigenvalue weighted by Crippen LogP contribution is -2.37. The Hall–Kier alpha value is -1.55. The minimum atomic E-state index is -0.513. The molecule has 0 heterocycles. The van der Waals surface area contributed by atoms with Gasteiger partial charge in [0.25, 0.3) is 0 Å². The molecule has 0 radical (unpaired) electrons. The molecule has 0 aliphatic heterocycles. The van der Waals surface area contributed by atoms with Crippen molar-refractivity contribution >= 4 is 6.09 Å². The van der Waals surface area contributed by atoms with Crippen molar-refractivity contribution in [3.8, 4) is 0 Å². The van der Waals surface area contributed by atoms with E-state index in [2.05, 4.69) is 5.32 Å². The molecule has 4 heteroatoms. The summed E-state index contributed by atoms with van der Waals surface area (Å²) in [6.07, 6.45) is 2.16. The third-order valence-corrected chi connectivity index (χ3v) is 3.21. The molecule has 0 aromatic heterocycles. The summed E-state index contributed by atoms with van der Waals surface area (Å²) >= 11 is 0. The summed E-state index contributed by atoms with van der Waals surface area (Å²) in [4.78, 5) is 11.6. The highest BCUT2D eigenvalue weighted by Crippen LogP contribution is 2.21. The molecule has 2 N–H and O–H groups in total. The Kier molecular flexibility index (Phi) is 4.59. The average molecular weight is 249 g/mol. The van der Waals surface area contributed by atoms with Gasteiger partial charge in [0, 0.05) is 6.54 Å². The molecule has 1 aromatic rings. The van der Waals surface area contributed by atoms with Crippen molar-refractivity contribution in [2.75, 3.05) is 0 Å². The number of rotatable bonds is 3. The van der Waals surface area contributed by atoms with Crippen LogP contribution in [0.2, 0.25) is 0 Å². The van der Waals surface area contributed by atoms with Crippen molar-refractivity contribution < 1.29 is 14.6 Å². The summed E-state index contributed by atoms with van der Waals surface area (Å²) in [6.45, 7) is 0.447. The number of carbonyl (C=O) groups is 1. The van der Waals surface area contributed by atoms with Gasteiger partial charge < -0.3 is 15.2 Å². The number of amides is 1. The molecule has 1 amide bonds. The smallest absolute Gasteiger partial charge is 0.407 e. The number of carbonyl (C=O) groups excluding carboxylic acids is 1. The molecule has 18 heavy (non-hydrogen) atoms. The predicted octanol–water partition coefficient (Wildman–Crippen LogP) is 2.22. The van der Waals surface area contributed by atoms with Crippen LogP contribution in [0.1, 0.15) is 31.2 Å². The maximum atomic E-state index is 11.6. The van der Waals surface area contributed by atoms with Crippen molar-refractivity contribution in [1.82, 2.24) is 5.32 Å². The van der Waals surface area contributed by atoms with E-state index in [4.69, 9.17) is 4.74 Å². The molecule has 0 spiro atoms. The van der Waals surface area contributed by atoms with Gasteiger partial charge in [0.2, 0.25) is 0 Å². The lowest BCUT2D eigenvalue weighted by atomic mass is 9.95. The molecule has 2 rings (SSSR count). The van der Waals surface area contributed by atoms with Crippen LogP contribution in [0.4, 0.5) is 4.79 Å². The third-order valence-electron chi connectivity index (χ3n) is 3.21. The monoisotopic (exact) mass is 249 g/mol. The highest BCUT2D eigenvalue weighted by molar-refractivity contribution is 5.67. The van der Waals surface area contributed by atoms with Crippen molar-refractivity contribution in [2.45, 2.75) is 44.4 Å². The van der Waals surface area contributed by atoms with Gasteiger partial charge in [-0.2, -0.15) is 0 Å². The van der Waals surface area contributed by atoms with Crippen molar-refractivity contribution in [2.24, 2.45) is 0 Å². The van der Waals surface area contributed by atoms with Crippen molar-refractivity contribution in [3.63, 3.8) is 0 Å². The minimum Gasteiger partial charge on any atom is -0.443 e. The molecular weight excluding hydrogens is 230 g/mol. The van der Waals surface area contributed by atoms with Gasteiger partial charge >= 0.3 is 6.09 Å². The van der Waals surface area contributed by atoms with Gasteiger partial charge in [-0.15, -0.1) is 0 Å². The van der Waals surface area contributed by atoms with Crippen LogP contribution < -0.4 is 5.32 Å². The van der Waals surface area contributed by atoms with Crippen LogP contribution >= 0.6 is 0 Å². The molecule has 1 fully saturated rings. The first-order valence-corrected chi connectivity index (χ1v) is 6.42. The number of ether oxygens (including phenoxy) is 1. The predicted molar refractivity (Wildman–Crippen MR) is 68.0 cm³/mol. The van der Waals surface area contributed by atoms with E-state index in [-0.39, 0.29) is 6.10 Å². The fourth-order valence-corrected chi connectivity index (χ4v) is 2.16. The quantitative estimate of drug-likeness (QED) is 0.863. The fourth-order valence-electron chi connectivity index (χ4n) is 2.16. The molecule has 0 unspecified atom stereocenters. The Morgan fingerprint density at radius 3 is 2.72 bits per heavy atom. The number of hydrogen-bond acceptors (Lipinski definition) is 3. The standard InChI is InChI=1S/C14H19NO3/c16-12-8-4-5-9-13(12)18-14(17)15-10-11-6-2-1-3-7-11/h1-3,6-7,12-13,16H,4-5,8-10H2,(H,15,17)/t12-,13+/m1/s1. The molecule has 1 aliphatic carbocycles. The van der Waals surface area contributed by atoms with Gasteiger partial charge in [0.1, 0.15) is 6.10 Å². The topological polar surface area (TPSA) is 58.6 Å². The number of nitrogens with one attached hydrogen (secondary N) is 1. The highest BCUT2D eigenvalue weighted by atomic mass is 16.6. The second kappa shape index (κ2) is 6.40. The molecule has 0 bridgehead atoms. The lowest BCUT2D eigenvalue weighted by Gasteiger charge is -2.27. The zero-order valence-electron chi connectivity index (χ0n) is 10.3. The van der Waals surface area contributed by atoms with Crippen LogP contribution in [-0.2, 0) is 11.3 Å². The number of aliphatic hydroxyl groups is 1. The van der Waals surface area contributed by atoms with Gasteiger partial charge in [-0.1, -0.05) is 36.8 Å². The SMILES string of the molecule is O=C(NCc1ccccc1)O[C@H]1CCCC[C@H]1O. The van der Waals surface area contributed by atoms with Crippen molar-refractivity contribution in [3.05, 3.63) is 35.9 Å². The highest BCUT2D eigenvalue weighted by Gasteiger charge is 2.26. The van der Waals surface area contributed by atoms with Crippen LogP contribution in [0.25, 0.3) is 0 Å². The van der Waals surface area contributed by atoms with Gasteiger partial charge in [0.15, 0.2) is 0 Å². The Bertz CT molecular complexity index is 380. The van der Waals surface area contributed by atoms with E-state index >= 15 is 0 Å². The van der Waals surface area contributed by atoms with Gasteiger partial charge in [0.05, 0.1) is 6.10 Å². The van der Waals surface area contributed by atoms with Gasteiger partial charge in [-0.05, 0) is 24.8 Å². The Labute approximate surface area is 107 Å². The molecule has 1 aromatic carbocycles. The number of hydrogen-bond donors (Lipinski definition) is 2. The van der Waals surface area contributed by atoms with E-state index < -0.39 is 12.2 Å². The second-order valence-electron chi connectivity index (χ2n) is 4.63. The van der Waals surface area contributed by atoms with Gasteiger partial charge in [-0.3, -0.25) is 0 Å². The molecule has 0 saturated heterocycles. The molecule has 1 saturated carbocycles. The molecule has 4 nitrogen and oxygen atoms in total. The zero-order valence-corrected chi connectivity index (χ0v) is 10.3. The zero-order chi connectivity index (χ0) is 12.8. The summed E-state index contributed by atoms with van der Waals surface area (Å²) in [5.74, 6) is 0. The minimum absolute atomic E-state index is 0.352. The number of aliphatic hydroxyl groups excluding tert-OH is 1. The summed E-state index contributed by atoms with van der Waals surface area (Å²) < 4.78 is 5.23. The fraction of sp³-hybridized carbons (Fsp3) is 0.500. The van der Waals surface area contributed by atoms with Crippen LogP contribution in [-0.4, -0.2) is 23.4 Å². The van der Waals surface area contributed by atoms with Crippen molar-refractivity contribution in [1.29, 1.82) is 0 Å². The number of benzene rings is 1. The maximum Gasteiger partial charge on any atom is 0.407 e. The first-order valence-electron chi connectivity index (χ1n) is 6.42. The van der Waals surface area contributed by atoms with E-state index in [1.165, 1.54) is 0 Å². The van der Waals surface area contributed by atoms with Crippen LogP contribution in [0.5, 0.6) is 0 Å². The molecular formula is C14H19NO3. The first-order chi connectivity index (χ1) is 8.75. The van der Waals surface area contributed by atoms with Crippen LogP contribution in [0.15, 0.2) is 30.3 Å². The van der Waals surface area contributed by atoms with E-state index in [0.29, 0.717) is 6.54 Å². The molecule has 2 atom stereocenters.